The van der Waals surface area contributed by atoms with Crippen molar-refractivity contribution in [2.45, 2.75) is 38.6 Å². The largest absolute Gasteiger partial charge is 0.496 e. The molecule has 1 atom stereocenters. The van der Waals surface area contributed by atoms with Crippen LogP contribution in [-0.4, -0.2) is 34.4 Å². The number of pyridine rings is 1. The maximum Gasteiger partial charge on any atom is 0.223 e. The summed E-state index contributed by atoms with van der Waals surface area (Å²) in [5, 5.41) is 6.10. The second-order valence-electron chi connectivity index (χ2n) is 7.42. The number of aryl methyl sites for hydroxylation is 2. The number of nitrogens with zero attached hydrogens (tertiary/aromatic N) is 3. The van der Waals surface area contributed by atoms with Crippen LogP contribution in [0, 0.1) is 6.92 Å². The first kappa shape index (κ1) is 20.3. The number of para-hydroxylation sites is 1. The molecular weight excluding hydrogens is 396 g/mol. The summed E-state index contributed by atoms with van der Waals surface area (Å²) in [5.74, 6) is 1.76. The molecule has 1 N–H and O–H groups in total. The van der Waals surface area contributed by atoms with Gasteiger partial charge >= 0.3 is 0 Å². The third kappa shape index (κ3) is 4.62. The van der Waals surface area contributed by atoms with E-state index in [2.05, 4.69) is 10.3 Å². The highest BCUT2D eigenvalue weighted by molar-refractivity contribution is 7.13. The number of methoxy groups -OCH3 is 1. The molecule has 1 saturated heterocycles. The van der Waals surface area contributed by atoms with Gasteiger partial charge in [0.25, 0.3) is 0 Å². The predicted molar refractivity (Wildman–Crippen MR) is 119 cm³/mol. The minimum absolute atomic E-state index is 0.0231. The van der Waals surface area contributed by atoms with Gasteiger partial charge in [-0.2, -0.15) is 0 Å². The highest BCUT2D eigenvalue weighted by Crippen LogP contribution is 2.33. The number of aromatic nitrogens is 2. The molecule has 2 aromatic heterocycles. The Labute approximate surface area is 180 Å². The Morgan fingerprint density at radius 3 is 2.90 bits per heavy atom. The number of ether oxygens (including phenoxy) is 1. The number of carbonyl (C=O) groups excluding carboxylic acids is 1. The normalized spacial score (nSPS) is 15.9. The topological polar surface area (TPSA) is 67.3 Å². The molecule has 1 aromatic carbocycles. The SMILES string of the molecule is COc1ccccc1CCC(=O)N1CCC[C@@H]1c1cccc(Nc2nc(C)cs2)n1. The lowest BCUT2D eigenvalue weighted by molar-refractivity contribution is -0.132. The third-order valence-corrected chi connectivity index (χ3v) is 6.22. The second-order valence-corrected chi connectivity index (χ2v) is 8.28. The predicted octanol–water partition coefficient (Wildman–Crippen LogP) is 4.90. The fourth-order valence-corrected chi connectivity index (χ4v) is 4.59. The van der Waals surface area contributed by atoms with Gasteiger partial charge in [-0.1, -0.05) is 24.3 Å². The number of thiazole rings is 1. The van der Waals surface area contributed by atoms with Crippen molar-refractivity contribution < 1.29 is 9.53 Å². The summed E-state index contributed by atoms with van der Waals surface area (Å²) in [6, 6.07) is 13.8. The van der Waals surface area contributed by atoms with Crippen molar-refractivity contribution in [1.29, 1.82) is 0 Å². The fraction of sp³-hybridized carbons (Fsp3) is 0.348. The number of carbonyl (C=O) groups is 1. The van der Waals surface area contributed by atoms with Gasteiger partial charge in [0.15, 0.2) is 5.13 Å². The summed E-state index contributed by atoms with van der Waals surface area (Å²) in [5.41, 5.74) is 2.98. The number of nitrogens with one attached hydrogen (secondary N) is 1. The molecule has 0 unspecified atom stereocenters. The first-order chi connectivity index (χ1) is 14.6. The minimum Gasteiger partial charge on any atom is -0.496 e. The number of anilines is 2. The van der Waals surface area contributed by atoms with E-state index in [-0.39, 0.29) is 11.9 Å². The molecule has 1 aliphatic rings. The van der Waals surface area contributed by atoms with Crippen molar-refractivity contribution in [2.24, 2.45) is 0 Å². The van der Waals surface area contributed by atoms with Crippen molar-refractivity contribution in [3.8, 4) is 5.75 Å². The molecule has 1 fully saturated rings. The Balaban J connectivity index is 1.44. The number of benzene rings is 1. The fourth-order valence-electron chi connectivity index (χ4n) is 3.90. The maximum absolute atomic E-state index is 13.0. The summed E-state index contributed by atoms with van der Waals surface area (Å²) in [6.07, 6.45) is 3.07. The van der Waals surface area contributed by atoms with E-state index < -0.39 is 0 Å². The van der Waals surface area contributed by atoms with Crippen LogP contribution >= 0.6 is 11.3 Å². The standard InChI is InChI=1S/C23H26N4O2S/c1-16-15-30-23(24-16)26-21-11-5-8-18(25-21)19-9-6-14-27(19)22(28)13-12-17-7-3-4-10-20(17)29-2/h3-5,7-8,10-11,15,19H,6,9,12-14H2,1-2H3,(H,24,25,26)/t19-/m1/s1. The van der Waals surface area contributed by atoms with Gasteiger partial charge in [-0.25, -0.2) is 9.97 Å². The average Bonchev–Trinajstić information content (AvgIpc) is 3.41. The Bertz CT molecular complexity index is 1020. The van der Waals surface area contributed by atoms with Gasteiger partial charge in [-0.3, -0.25) is 4.79 Å². The van der Waals surface area contributed by atoms with Crippen molar-refractivity contribution >= 4 is 28.2 Å². The van der Waals surface area contributed by atoms with Crippen LogP contribution in [0.4, 0.5) is 10.9 Å². The summed E-state index contributed by atoms with van der Waals surface area (Å²) in [6.45, 7) is 2.75. The first-order valence-electron chi connectivity index (χ1n) is 10.2. The zero-order chi connectivity index (χ0) is 20.9. The van der Waals surface area contributed by atoms with Crippen molar-refractivity contribution in [1.82, 2.24) is 14.9 Å². The van der Waals surface area contributed by atoms with E-state index >= 15 is 0 Å². The van der Waals surface area contributed by atoms with E-state index in [9.17, 15) is 4.79 Å². The Kier molecular flexibility index (Phi) is 6.28. The molecule has 30 heavy (non-hydrogen) atoms. The van der Waals surface area contributed by atoms with E-state index in [1.165, 1.54) is 0 Å². The number of hydrogen-bond acceptors (Lipinski definition) is 6. The molecule has 0 aliphatic carbocycles. The molecule has 3 aromatic rings. The van der Waals surface area contributed by atoms with Crippen LogP contribution < -0.4 is 10.1 Å². The van der Waals surface area contributed by atoms with Crippen molar-refractivity contribution in [2.75, 3.05) is 19.0 Å². The van der Waals surface area contributed by atoms with Gasteiger partial charge in [0, 0.05) is 18.3 Å². The van der Waals surface area contributed by atoms with Crippen LogP contribution in [0.5, 0.6) is 5.75 Å². The number of likely N-dealkylation sites (tertiary alicyclic amines) is 1. The zero-order valence-corrected chi connectivity index (χ0v) is 18.1. The lowest BCUT2D eigenvalue weighted by Gasteiger charge is -2.25. The molecule has 4 rings (SSSR count). The average molecular weight is 423 g/mol. The van der Waals surface area contributed by atoms with Crippen molar-refractivity contribution in [3.05, 3.63) is 64.8 Å². The molecule has 7 heteroatoms. The van der Waals surface area contributed by atoms with E-state index in [0.29, 0.717) is 12.8 Å². The summed E-state index contributed by atoms with van der Waals surface area (Å²) >= 11 is 1.56. The molecule has 1 aliphatic heterocycles. The lowest BCUT2D eigenvalue weighted by Crippen LogP contribution is -2.31. The third-order valence-electron chi connectivity index (χ3n) is 5.34. The van der Waals surface area contributed by atoms with Gasteiger partial charge in [-0.15, -0.1) is 11.3 Å². The molecule has 0 bridgehead atoms. The van der Waals surface area contributed by atoms with Crippen LogP contribution in [0.1, 0.15) is 42.3 Å². The van der Waals surface area contributed by atoms with Crippen LogP contribution in [0.25, 0.3) is 0 Å². The van der Waals surface area contributed by atoms with Crippen LogP contribution in [0.2, 0.25) is 0 Å². The molecule has 3 heterocycles. The molecule has 6 nitrogen and oxygen atoms in total. The Morgan fingerprint density at radius 1 is 1.23 bits per heavy atom. The minimum atomic E-state index is 0.0231. The van der Waals surface area contributed by atoms with Gasteiger partial charge < -0.3 is 15.0 Å². The van der Waals surface area contributed by atoms with Crippen LogP contribution in [-0.2, 0) is 11.2 Å². The molecule has 156 valence electrons. The highest BCUT2D eigenvalue weighted by atomic mass is 32.1. The van der Waals surface area contributed by atoms with E-state index in [0.717, 1.165) is 53.0 Å². The van der Waals surface area contributed by atoms with Crippen LogP contribution in [0.15, 0.2) is 47.8 Å². The molecule has 0 radical (unpaired) electrons. The smallest absolute Gasteiger partial charge is 0.223 e. The summed E-state index contributed by atoms with van der Waals surface area (Å²) < 4.78 is 5.41. The number of rotatable bonds is 7. The lowest BCUT2D eigenvalue weighted by atomic mass is 10.1. The summed E-state index contributed by atoms with van der Waals surface area (Å²) in [4.78, 5) is 24.2. The van der Waals surface area contributed by atoms with Gasteiger partial charge in [0.05, 0.1) is 24.5 Å². The van der Waals surface area contributed by atoms with Gasteiger partial charge in [0.1, 0.15) is 11.6 Å². The van der Waals surface area contributed by atoms with E-state index in [1.807, 2.05) is 59.7 Å². The van der Waals surface area contributed by atoms with Crippen LogP contribution in [0.3, 0.4) is 0 Å². The van der Waals surface area contributed by atoms with Crippen molar-refractivity contribution in [3.63, 3.8) is 0 Å². The maximum atomic E-state index is 13.0. The molecular formula is C23H26N4O2S. The van der Waals surface area contributed by atoms with E-state index in [1.54, 1.807) is 18.4 Å². The Morgan fingerprint density at radius 2 is 2.10 bits per heavy atom. The number of amides is 1. The highest BCUT2D eigenvalue weighted by Gasteiger charge is 2.30. The molecule has 0 saturated carbocycles. The van der Waals surface area contributed by atoms with E-state index in [4.69, 9.17) is 9.72 Å². The molecule has 0 spiro atoms. The quantitative estimate of drug-likeness (QED) is 0.587. The second kappa shape index (κ2) is 9.26. The monoisotopic (exact) mass is 422 g/mol. The first-order valence-corrected chi connectivity index (χ1v) is 11.1. The van der Waals surface area contributed by atoms with Gasteiger partial charge in [-0.05, 0) is 49.9 Å². The zero-order valence-electron chi connectivity index (χ0n) is 17.3. The van der Waals surface area contributed by atoms with Gasteiger partial charge in [0.2, 0.25) is 5.91 Å². The summed E-state index contributed by atoms with van der Waals surface area (Å²) in [7, 11) is 1.66. The number of hydrogen-bond donors (Lipinski definition) is 1. The Hall–Kier alpha value is -2.93. The molecule has 1 amide bonds.